The Morgan fingerprint density at radius 1 is 1.00 bits per heavy atom. The summed E-state index contributed by atoms with van der Waals surface area (Å²) < 4.78 is 91.0. The van der Waals surface area contributed by atoms with E-state index in [1.54, 1.807) is 13.8 Å². The molecular formula is C15H19ClF7NO. The molecule has 0 aromatic heterocycles. The highest BCUT2D eigenvalue weighted by Crippen LogP contribution is 2.41. The smallest absolute Gasteiger partial charge is 0.391 e. The van der Waals surface area contributed by atoms with Crippen LogP contribution in [-0.2, 0) is 12.4 Å². The summed E-state index contributed by atoms with van der Waals surface area (Å²) in [5.41, 5.74) is 0.759. The largest absolute Gasteiger partial charge is 0.416 e. The molecule has 2 nitrogen and oxygen atoms in total. The van der Waals surface area contributed by atoms with Crippen LogP contribution in [0.15, 0.2) is 12.1 Å². The lowest BCUT2D eigenvalue weighted by molar-refractivity contribution is -0.144. The molecule has 0 aliphatic carbocycles. The molecule has 0 heterocycles. The molecule has 1 aromatic carbocycles. The Kier molecular flexibility index (Phi) is 8.19. The fourth-order valence-corrected chi connectivity index (χ4v) is 2.23. The highest BCUT2D eigenvalue weighted by atomic mass is 35.5. The zero-order valence-corrected chi connectivity index (χ0v) is 14.2. The highest BCUT2D eigenvalue weighted by molar-refractivity contribution is 5.85. The Bertz CT molecular complexity index is 572. The second-order valence-electron chi connectivity index (χ2n) is 5.98. The number of rotatable bonds is 5. The fourth-order valence-electron chi connectivity index (χ4n) is 2.23. The van der Waals surface area contributed by atoms with Crippen LogP contribution in [-0.4, -0.2) is 11.2 Å². The van der Waals surface area contributed by atoms with Gasteiger partial charge in [0, 0.05) is 5.56 Å². The van der Waals surface area contributed by atoms with Crippen LogP contribution in [0.1, 0.15) is 49.4 Å². The predicted molar refractivity (Wildman–Crippen MR) is 80.7 cm³/mol. The van der Waals surface area contributed by atoms with E-state index < -0.39 is 47.0 Å². The molecule has 25 heavy (non-hydrogen) atoms. The van der Waals surface area contributed by atoms with Gasteiger partial charge in [-0.2, -0.15) is 26.3 Å². The molecule has 0 radical (unpaired) electrons. The van der Waals surface area contributed by atoms with E-state index in [9.17, 15) is 35.8 Å². The van der Waals surface area contributed by atoms with Crippen molar-refractivity contribution < 1.29 is 35.8 Å². The summed E-state index contributed by atoms with van der Waals surface area (Å²) in [6.07, 6.45) is -11.5. The van der Waals surface area contributed by atoms with Crippen molar-refractivity contribution in [2.45, 2.75) is 51.2 Å². The molecule has 10 heteroatoms. The van der Waals surface area contributed by atoms with Gasteiger partial charge < -0.3 is 10.8 Å². The number of hydrogen-bond acceptors (Lipinski definition) is 2. The Morgan fingerprint density at radius 2 is 1.52 bits per heavy atom. The van der Waals surface area contributed by atoms with Crippen molar-refractivity contribution in [1.82, 2.24) is 0 Å². The van der Waals surface area contributed by atoms with E-state index in [2.05, 4.69) is 0 Å². The lowest BCUT2D eigenvalue weighted by Gasteiger charge is -2.25. The van der Waals surface area contributed by atoms with E-state index in [0.29, 0.717) is 6.42 Å². The first-order valence-electron chi connectivity index (χ1n) is 7.16. The minimum atomic E-state index is -5.24. The van der Waals surface area contributed by atoms with Crippen molar-refractivity contribution in [2.24, 2.45) is 11.7 Å². The number of benzene rings is 1. The van der Waals surface area contributed by atoms with Crippen molar-refractivity contribution >= 4 is 12.4 Å². The van der Waals surface area contributed by atoms with E-state index >= 15 is 0 Å². The first kappa shape index (κ1) is 23.9. The van der Waals surface area contributed by atoms with Crippen LogP contribution in [0.3, 0.4) is 0 Å². The van der Waals surface area contributed by atoms with Gasteiger partial charge in [0.25, 0.3) is 0 Å². The van der Waals surface area contributed by atoms with Crippen LogP contribution in [0.5, 0.6) is 0 Å². The van der Waals surface area contributed by atoms with Crippen LogP contribution >= 0.6 is 12.4 Å². The van der Waals surface area contributed by atoms with Crippen molar-refractivity contribution in [3.63, 3.8) is 0 Å². The average Bonchev–Trinajstić information content (AvgIpc) is 2.41. The monoisotopic (exact) mass is 397 g/mol. The Balaban J connectivity index is 0.00000576. The summed E-state index contributed by atoms with van der Waals surface area (Å²) in [6.45, 7) is 3.61. The van der Waals surface area contributed by atoms with Gasteiger partial charge in [-0.15, -0.1) is 12.4 Å². The summed E-state index contributed by atoms with van der Waals surface area (Å²) >= 11 is 0. The van der Waals surface area contributed by atoms with Crippen molar-refractivity contribution in [2.75, 3.05) is 0 Å². The first-order valence-corrected chi connectivity index (χ1v) is 7.16. The standard InChI is InChI=1S/C15H18F7NO.ClH/c1-7(2)3-4-11(24)13(23)12-9(15(20,21)22)5-8(6-10(12)16)14(17,18)19;/h5-7,11,13,24H,3-4,23H2,1-2H3;1H/t11-,13-;/m1./s1. The number of halogens is 8. The summed E-state index contributed by atoms with van der Waals surface area (Å²) in [4.78, 5) is 0. The van der Waals surface area contributed by atoms with E-state index in [-0.39, 0.29) is 36.9 Å². The van der Waals surface area contributed by atoms with Crippen molar-refractivity contribution in [1.29, 1.82) is 0 Å². The van der Waals surface area contributed by atoms with Gasteiger partial charge in [-0.3, -0.25) is 0 Å². The zero-order valence-electron chi connectivity index (χ0n) is 13.4. The second kappa shape index (κ2) is 8.55. The summed E-state index contributed by atoms with van der Waals surface area (Å²) in [6, 6.07) is -2.02. The highest BCUT2D eigenvalue weighted by Gasteiger charge is 2.41. The topological polar surface area (TPSA) is 46.2 Å². The van der Waals surface area contributed by atoms with E-state index in [1.165, 1.54) is 0 Å². The number of aliphatic hydroxyl groups is 1. The van der Waals surface area contributed by atoms with E-state index in [0.717, 1.165) is 0 Å². The molecular weight excluding hydrogens is 379 g/mol. The Morgan fingerprint density at radius 3 is 1.92 bits per heavy atom. The molecule has 0 fully saturated rings. The summed E-state index contributed by atoms with van der Waals surface area (Å²) in [5.74, 6) is -1.63. The van der Waals surface area contributed by atoms with Gasteiger partial charge in [0.1, 0.15) is 5.82 Å². The van der Waals surface area contributed by atoms with E-state index in [4.69, 9.17) is 5.73 Å². The van der Waals surface area contributed by atoms with Crippen molar-refractivity contribution in [3.05, 3.63) is 34.6 Å². The molecule has 146 valence electrons. The van der Waals surface area contributed by atoms with Crippen LogP contribution < -0.4 is 5.73 Å². The van der Waals surface area contributed by atoms with Gasteiger partial charge in [0.05, 0.1) is 23.3 Å². The Labute approximate surface area is 146 Å². The van der Waals surface area contributed by atoms with Gasteiger partial charge >= 0.3 is 12.4 Å². The van der Waals surface area contributed by atoms with E-state index in [1.807, 2.05) is 0 Å². The van der Waals surface area contributed by atoms with Crippen LogP contribution in [0.2, 0.25) is 0 Å². The van der Waals surface area contributed by atoms with Crippen LogP contribution in [0.25, 0.3) is 0 Å². The average molecular weight is 398 g/mol. The molecule has 1 rings (SSSR count). The molecule has 0 saturated carbocycles. The van der Waals surface area contributed by atoms with Gasteiger partial charge in [-0.05, 0) is 30.9 Å². The third-order valence-corrected chi connectivity index (χ3v) is 3.55. The van der Waals surface area contributed by atoms with Gasteiger partial charge in [0.15, 0.2) is 0 Å². The molecule has 0 bridgehead atoms. The first-order chi connectivity index (χ1) is 10.7. The second-order valence-corrected chi connectivity index (χ2v) is 5.98. The number of nitrogens with two attached hydrogens (primary N) is 1. The number of aliphatic hydroxyl groups excluding tert-OH is 1. The molecule has 0 spiro atoms. The van der Waals surface area contributed by atoms with Crippen molar-refractivity contribution in [3.8, 4) is 0 Å². The number of alkyl halides is 6. The van der Waals surface area contributed by atoms with Crippen LogP contribution in [0.4, 0.5) is 30.7 Å². The molecule has 0 amide bonds. The van der Waals surface area contributed by atoms with Gasteiger partial charge in [-0.25, -0.2) is 4.39 Å². The quantitative estimate of drug-likeness (QED) is 0.680. The molecule has 0 aliphatic heterocycles. The third-order valence-electron chi connectivity index (χ3n) is 3.55. The maximum absolute atomic E-state index is 14.0. The minimum absolute atomic E-state index is 0. The molecule has 0 aliphatic rings. The zero-order chi connectivity index (χ0) is 18.9. The molecule has 1 aromatic rings. The molecule has 3 N–H and O–H groups in total. The predicted octanol–water partition coefficient (Wildman–Crippen LogP) is 5.08. The normalized spacial score (nSPS) is 15.0. The maximum Gasteiger partial charge on any atom is 0.416 e. The number of hydrogen-bond donors (Lipinski definition) is 2. The van der Waals surface area contributed by atoms with Gasteiger partial charge in [0.2, 0.25) is 0 Å². The summed E-state index contributed by atoms with van der Waals surface area (Å²) in [5, 5.41) is 9.88. The maximum atomic E-state index is 14.0. The lowest BCUT2D eigenvalue weighted by Crippen LogP contribution is -2.30. The fraction of sp³-hybridized carbons (Fsp3) is 0.600. The Hall–Kier alpha value is -1.06. The lowest BCUT2D eigenvalue weighted by atomic mass is 9.91. The SMILES string of the molecule is CC(C)CC[C@@H](O)[C@@H](N)c1c(F)cc(C(F)(F)F)cc1C(F)(F)F.Cl. The van der Waals surface area contributed by atoms with Gasteiger partial charge in [-0.1, -0.05) is 13.8 Å². The molecule has 0 unspecified atom stereocenters. The molecule has 2 atom stereocenters. The van der Waals surface area contributed by atoms with Crippen LogP contribution in [0, 0.1) is 11.7 Å². The minimum Gasteiger partial charge on any atom is -0.391 e. The summed E-state index contributed by atoms with van der Waals surface area (Å²) in [7, 11) is 0. The third kappa shape index (κ3) is 6.31. The molecule has 0 saturated heterocycles.